The Morgan fingerprint density at radius 3 is 1.50 bits per heavy atom. The summed E-state index contributed by atoms with van der Waals surface area (Å²) in [5.74, 6) is 0.00459. The predicted molar refractivity (Wildman–Crippen MR) is 117 cm³/mol. The molecule has 0 aromatic heterocycles. The van der Waals surface area contributed by atoms with Crippen molar-refractivity contribution < 1.29 is 18.1 Å². The molecule has 0 N–H and O–H groups in total. The van der Waals surface area contributed by atoms with Gasteiger partial charge in [0.15, 0.2) is 0 Å². The Hall–Kier alpha value is -0.176. The van der Waals surface area contributed by atoms with Crippen LogP contribution >= 0.6 is 0 Å². The van der Waals surface area contributed by atoms with Gasteiger partial charge in [-0.05, 0) is 68.5 Å². The number of hydrogen-bond donors (Lipinski definition) is 0. The molecular weight excluding hydrogens is 384 g/mol. The summed E-state index contributed by atoms with van der Waals surface area (Å²) >= 11 is 0. The lowest BCUT2D eigenvalue weighted by molar-refractivity contribution is -0.140. The van der Waals surface area contributed by atoms with Crippen LogP contribution in [0, 0.1) is 0 Å². The lowest BCUT2D eigenvalue weighted by Gasteiger charge is -2.47. The summed E-state index contributed by atoms with van der Waals surface area (Å²) < 4.78 is 18.3. The molecule has 0 bridgehead atoms. The zero-order chi connectivity index (χ0) is 20.2. The number of carbonyl (C=O) groups excluding carboxylic acids is 1. The summed E-state index contributed by atoms with van der Waals surface area (Å²) in [6.45, 7) is 4.10. The fraction of sp³-hybridized carbons (Fsp3) is 0.955. The van der Waals surface area contributed by atoms with Gasteiger partial charge < -0.3 is 13.3 Å². The normalized spacial score (nSPS) is 24.9. The Morgan fingerprint density at radius 2 is 1.21 bits per heavy atom. The Kier molecular flexibility index (Phi) is 7.84. The minimum absolute atomic E-state index is 0.00459. The van der Waals surface area contributed by atoms with Crippen LogP contribution in [0.25, 0.3) is 0 Å². The van der Waals surface area contributed by atoms with Crippen LogP contribution in [0.5, 0.6) is 0 Å². The van der Waals surface area contributed by atoms with Crippen molar-refractivity contribution in [1.82, 2.24) is 0 Å². The molecule has 0 saturated heterocycles. The molecule has 1 radical (unpaired) electrons. The molecule has 6 heteroatoms. The first-order valence-electron chi connectivity index (χ1n) is 11.7. The van der Waals surface area contributed by atoms with Crippen molar-refractivity contribution in [2.75, 3.05) is 14.2 Å². The van der Waals surface area contributed by atoms with Crippen LogP contribution in [0.4, 0.5) is 0 Å². The second kappa shape index (κ2) is 9.75. The highest BCUT2D eigenvalue weighted by atomic mass is 28.4. The third-order valence-electron chi connectivity index (χ3n) is 8.23. The molecule has 1 atom stereocenters. The van der Waals surface area contributed by atoms with Crippen LogP contribution in [0.2, 0.25) is 21.7 Å². The highest BCUT2D eigenvalue weighted by Gasteiger charge is 2.60. The summed E-state index contributed by atoms with van der Waals surface area (Å²) in [5.41, 5.74) is 2.05. The van der Waals surface area contributed by atoms with Gasteiger partial charge in [0.1, 0.15) is 5.04 Å². The molecule has 4 nitrogen and oxygen atoms in total. The quantitative estimate of drug-likeness (QED) is 0.409. The van der Waals surface area contributed by atoms with E-state index in [1.807, 2.05) is 6.92 Å². The van der Waals surface area contributed by atoms with E-state index in [0.29, 0.717) is 23.0 Å². The molecule has 3 fully saturated rings. The van der Waals surface area contributed by atoms with Gasteiger partial charge >= 0.3 is 9.28 Å². The van der Waals surface area contributed by atoms with Crippen molar-refractivity contribution in [1.29, 1.82) is 0 Å². The zero-order valence-corrected chi connectivity index (χ0v) is 20.6. The maximum atomic E-state index is 13.8. The van der Waals surface area contributed by atoms with Crippen LogP contribution in [-0.2, 0) is 18.1 Å². The third kappa shape index (κ3) is 4.03. The summed E-state index contributed by atoms with van der Waals surface area (Å²) in [4.78, 5) is 13.8. The largest absolute Gasteiger partial charge is 0.518 e. The van der Waals surface area contributed by atoms with Gasteiger partial charge in [-0.2, -0.15) is 0 Å². The number of rotatable bonds is 9. The van der Waals surface area contributed by atoms with Gasteiger partial charge in [0, 0.05) is 14.2 Å². The molecule has 0 heterocycles. The van der Waals surface area contributed by atoms with Crippen molar-refractivity contribution in [3.05, 3.63) is 0 Å². The van der Waals surface area contributed by atoms with Gasteiger partial charge in [0.2, 0.25) is 0 Å². The van der Waals surface area contributed by atoms with E-state index in [4.69, 9.17) is 13.3 Å². The second-order valence-corrected chi connectivity index (χ2v) is 16.4. The molecule has 3 aliphatic carbocycles. The summed E-state index contributed by atoms with van der Waals surface area (Å²) in [7, 11) is -0.554. The minimum atomic E-state index is -2.20. The molecular formula is C22H41O4Si2. The number of carbonyl (C=O) groups is 1. The van der Waals surface area contributed by atoms with E-state index in [-0.39, 0.29) is 5.97 Å². The van der Waals surface area contributed by atoms with E-state index in [2.05, 4.69) is 6.92 Å². The molecule has 0 spiro atoms. The molecule has 0 aliphatic heterocycles. The fourth-order valence-electron chi connectivity index (χ4n) is 6.56. The van der Waals surface area contributed by atoms with E-state index in [9.17, 15) is 4.79 Å². The highest BCUT2D eigenvalue weighted by molar-refractivity contribution is 6.80. The van der Waals surface area contributed by atoms with Crippen molar-refractivity contribution >= 4 is 23.6 Å². The predicted octanol–water partition coefficient (Wildman–Crippen LogP) is 6.26. The van der Waals surface area contributed by atoms with Crippen LogP contribution < -0.4 is 0 Å². The van der Waals surface area contributed by atoms with E-state index in [1.165, 1.54) is 77.0 Å². The van der Waals surface area contributed by atoms with Crippen LogP contribution in [0.1, 0.15) is 97.3 Å². The first-order chi connectivity index (χ1) is 13.5. The smallest absolute Gasteiger partial charge is 0.402 e. The monoisotopic (exact) mass is 425 g/mol. The summed E-state index contributed by atoms with van der Waals surface area (Å²) in [6, 6.07) is 0. The van der Waals surface area contributed by atoms with Crippen molar-refractivity contribution in [2.24, 2.45) is 0 Å². The molecule has 0 amide bonds. The molecule has 0 aromatic rings. The van der Waals surface area contributed by atoms with Gasteiger partial charge in [-0.1, -0.05) is 45.4 Å². The van der Waals surface area contributed by atoms with Crippen molar-refractivity contribution in [3.8, 4) is 0 Å². The molecule has 3 rings (SSSR count). The van der Waals surface area contributed by atoms with E-state index < -0.39 is 22.6 Å². The second-order valence-electron chi connectivity index (χ2n) is 9.57. The molecule has 161 valence electrons. The zero-order valence-electron chi connectivity index (χ0n) is 18.6. The van der Waals surface area contributed by atoms with E-state index in [1.54, 1.807) is 14.2 Å². The van der Waals surface area contributed by atoms with Crippen LogP contribution in [0.3, 0.4) is 0 Å². The number of hydrogen-bond acceptors (Lipinski definition) is 4. The Balaban J connectivity index is 1.96. The van der Waals surface area contributed by atoms with Crippen LogP contribution in [0.15, 0.2) is 0 Å². The third-order valence-corrected chi connectivity index (χ3v) is 16.5. The van der Waals surface area contributed by atoms with Crippen molar-refractivity contribution in [3.63, 3.8) is 0 Å². The molecule has 1 unspecified atom stereocenters. The van der Waals surface area contributed by atoms with Crippen LogP contribution in [-0.4, -0.2) is 37.8 Å². The standard InChI is InChI=1S/C22H41O4Si2/c1-5-22(2,27(24-3)25-4)21(23)26-28(18-12-6-7-13-18,19-14-8-9-15-19)20-16-10-11-17-20/h18-20H,5-17H2,1-4H3. The maximum Gasteiger partial charge on any atom is 0.402 e. The Labute approximate surface area is 175 Å². The molecule has 3 saturated carbocycles. The maximum absolute atomic E-state index is 13.8. The van der Waals surface area contributed by atoms with Gasteiger partial charge in [-0.3, -0.25) is 4.79 Å². The average Bonchev–Trinajstić information content (AvgIpc) is 3.49. The van der Waals surface area contributed by atoms with Crippen molar-refractivity contribution in [2.45, 2.75) is 119 Å². The Morgan fingerprint density at radius 1 is 0.857 bits per heavy atom. The SMILES string of the molecule is CCC(C)(C(=O)O[Si](C1CCCC1)(C1CCCC1)C1CCCC1)[Si](OC)OC. The first-order valence-corrected chi connectivity index (χ1v) is 15.2. The Bertz CT molecular complexity index is 466. The topological polar surface area (TPSA) is 44.8 Å². The molecule has 3 aliphatic rings. The van der Waals surface area contributed by atoms with Gasteiger partial charge in [-0.25, -0.2) is 0 Å². The van der Waals surface area contributed by atoms with E-state index in [0.717, 1.165) is 0 Å². The molecule has 0 aromatic carbocycles. The highest BCUT2D eigenvalue weighted by Crippen LogP contribution is 2.59. The van der Waals surface area contributed by atoms with Gasteiger partial charge in [0.25, 0.3) is 14.3 Å². The lowest BCUT2D eigenvalue weighted by atomic mass is 10.1. The minimum Gasteiger partial charge on any atom is -0.518 e. The first kappa shape index (κ1) is 22.5. The van der Waals surface area contributed by atoms with E-state index >= 15 is 0 Å². The average molecular weight is 426 g/mol. The lowest BCUT2D eigenvalue weighted by Crippen LogP contribution is -2.55. The van der Waals surface area contributed by atoms with Gasteiger partial charge in [-0.15, -0.1) is 0 Å². The van der Waals surface area contributed by atoms with Gasteiger partial charge in [0.05, 0.1) is 0 Å². The summed E-state index contributed by atoms with van der Waals surface area (Å²) in [6.07, 6.45) is 16.4. The fourth-order valence-corrected chi connectivity index (χ4v) is 15.2. The summed E-state index contributed by atoms with van der Waals surface area (Å²) in [5, 5.41) is -0.637. The molecule has 28 heavy (non-hydrogen) atoms.